The van der Waals surface area contributed by atoms with Crippen molar-refractivity contribution in [1.82, 2.24) is 10.3 Å². The third kappa shape index (κ3) is 3.93. The minimum atomic E-state index is -0.396. The highest BCUT2D eigenvalue weighted by Gasteiger charge is 2.24. The van der Waals surface area contributed by atoms with Crippen molar-refractivity contribution in [2.75, 3.05) is 6.54 Å². The van der Waals surface area contributed by atoms with E-state index in [-0.39, 0.29) is 11.8 Å². The van der Waals surface area contributed by atoms with Crippen molar-refractivity contribution in [3.8, 4) is 10.6 Å². The lowest BCUT2D eigenvalue weighted by molar-refractivity contribution is -0.384. The number of non-ortho nitro benzene ring substituents is 1. The topological polar surface area (TPSA) is 88.3 Å². The first kappa shape index (κ1) is 16.0. The first-order chi connectivity index (χ1) is 11.1. The SMILES string of the molecule is O=[N+]([O-])c1cccc(-c2nc(CNCC3CCCC3O)cs2)c1. The van der Waals surface area contributed by atoms with Crippen molar-refractivity contribution in [3.63, 3.8) is 0 Å². The summed E-state index contributed by atoms with van der Waals surface area (Å²) >= 11 is 1.48. The largest absolute Gasteiger partial charge is 0.393 e. The van der Waals surface area contributed by atoms with E-state index >= 15 is 0 Å². The smallest absolute Gasteiger partial charge is 0.270 e. The molecule has 0 radical (unpaired) electrons. The minimum absolute atomic E-state index is 0.0765. The quantitative estimate of drug-likeness (QED) is 0.627. The average molecular weight is 333 g/mol. The third-order valence-electron chi connectivity index (χ3n) is 4.19. The molecule has 1 fully saturated rings. The lowest BCUT2D eigenvalue weighted by Crippen LogP contribution is -2.27. The summed E-state index contributed by atoms with van der Waals surface area (Å²) in [5, 5.41) is 26.7. The van der Waals surface area contributed by atoms with E-state index in [1.807, 2.05) is 11.4 Å². The first-order valence-electron chi connectivity index (χ1n) is 7.71. The maximum atomic E-state index is 10.8. The molecule has 0 amide bonds. The molecule has 2 unspecified atom stereocenters. The molecule has 2 N–H and O–H groups in total. The maximum absolute atomic E-state index is 10.8. The minimum Gasteiger partial charge on any atom is -0.393 e. The molecule has 0 spiro atoms. The molecule has 0 aliphatic heterocycles. The van der Waals surface area contributed by atoms with Crippen LogP contribution in [0.15, 0.2) is 29.6 Å². The van der Waals surface area contributed by atoms with E-state index in [9.17, 15) is 15.2 Å². The van der Waals surface area contributed by atoms with Gasteiger partial charge in [0.15, 0.2) is 0 Å². The Bertz CT molecular complexity index is 689. The number of nitro benzene ring substituents is 1. The number of aliphatic hydroxyl groups is 1. The molecule has 1 saturated carbocycles. The number of benzene rings is 1. The number of aliphatic hydroxyl groups excluding tert-OH is 1. The van der Waals surface area contributed by atoms with Gasteiger partial charge in [0, 0.05) is 36.2 Å². The zero-order valence-electron chi connectivity index (χ0n) is 12.6. The Hall–Kier alpha value is -1.83. The number of aromatic nitrogens is 1. The number of hydrogen-bond acceptors (Lipinski definition) is 6. The fourth-order valence-corrected chi connectivity index (χ4v) is 3.73. The van der Waals surface area contributed by atoms with Crippen LogP contribution < -0.4 is 5.32 Å². The van der Waals surface area contributed by atoms with Gasteiger partial charge in [-0.25, -0.2) is 4.98 Å². The molecule has 23 heavy (non-hydrogen) atoms. The molecule has 7 heteroatoms. The lowest BCUT2D eigenvalue weighted by Gasteiger charge is -2.14. The Labute approximate surface area is 138 Å². The maximum Gasteiger partial charge on any atom is 0.270 e. The Morgan fingerprint density at radius 1 is 1.43 bits per heavy atom. The molecule has 2 atom stereocenters. The highest BCUT2D eigenvalue weighted by molar-refractivity contribution is 7.13. The van der Waals surface area contributed by atoms with Gasteiger partial charge in [0.25, 0.3) is 5.69 Å². The van der Waals surface area contributed by atoms with Crippen LogP contribution >= 0.6 is 11.3 Å². The molecule has 3 rings (SSSR count). The Morgan fingerprint density at radius 2 is 2.30 bits per heavy atom. The van der Waals surface area contributed by atoms with Crippen molar-refractivity contribution in [2.45, 2.75) is 31.9 Å². The molecule has 2 aromatic rings. The van der Waals surface area contributed by atoms with Gasteiger partial charge in [-0.1, -0.05) is 18.6 Å². The van der Waals surface area contributed by atoms with Gasteiger partial charge in [0.05, 0.1) is 16.7 Å². The summed E-state index contributed by atoms with van der Waals surface area (Å²) in [6.45, 7) is 1.44. The first-order valence-corrected chi connectivity index (χ1v) is 8.59. The van der Waals surface area contributed by atoms with E-state index in [2.05, 4.69) is 10.3 Å². The van der Waals surface area contributed by atoms with Gasteiger partial charge in [-0.2, -0.15) is 0 Å². The second-order valence-electron chi connectivity index (χ2n) is 5.84. The molecule has 122 valence electrons. The van der Waals surface area contributed by atoms with E-state index in [1.54, 1.807) is 12.1 Å². The fraction of sp³-hybridized carbons (Fsp3) is 0.438. The van der Waals surface area contributed by atoms with E-state index < -0.39 is 4.92 Å². The number of nitrogens with zero attached hydrogens (tertiary/aromatic N) is 2. The predicted molar refractivity (Wildman–Crippen MR) is 89.3 cm³/mol. The van der Waals surface area contributed by atoms with Crippen molar-refractivity contribution in [3.05, 3.63) is 45.5 Å². The van der Waals surface area contributed by atoms with E-state index in [0.29, 0.717) is 12.5 Å². The normalized spacial score (nSPS) is 20.7. The summed E-state index contributed by atoms with van der Waals surface area (Å²) in [4.78, 5) is 15.0. The molecule has 0 saturated heterocycles. The predicted octanol–water partition coefficient (Wildman–Crippen LogP) is 2.97. The molecular formula is C16H19N3O3S. The Morgan fingerprint density at radius 3 is 3.04 bits per heavy atom. The molecule has 1 aromatic heterocycles. The Kier molecular flexibility index (Phi) is 5.00. The standard InChI is InChI=1S/C16H19N3O3S/c20-15-6-2-4-12(15)8-17-9-13-10-23-16(18-13)11-3-1-5-14(7-11)19(21)22/h1,3,5,7,10,12,15,17,20H,2,4,6,8-9H2. The van der Waals surface area contributed by atoms with Crippen LogP contribution in [0.5, 0.6) is 0 Å². The summed E-state index contributed by atoms with van der Waals surface area (Å²) in [5.74, 6) is 0.338. The van der Waals surface area contributed by atoms with Crippen LogP contribution in [-0.2, 0) is 6.54 Å². The number of nitro groups is 1. The molecule has 0 bridgehead atoms. The number of thiazole rings is 1. The molecule has 1 aliphatic carbocycles. The summed E-state index contributed by atoms with van der Waals surface area (Å²) < 4.78 is 0. The van der Waals surface area contributed by atoms with Crippen molar-refractivity contribution in [2.24, 2.45) is 5.92 Å². The van der Waals surface area contributed by atoms with E-state index in [1.165, 1.54) is 17.4 Å². The molecule has 1 aliphatic rings. The summed E-state index contributed by atoms with van der Waals surface area (Å²) in [6.07, 6.45) is 2.89. The van der Waals surface area contributed by atoms with Crippen molar-refractivity contribution >= 4 is 17.0 Å². The molecule has 1 heterocycles. The second kappa shape index (κ2) is 7.16. The Balaban J connectivity index is 1.59. The van der Waals surface area contributed by atoms with Gasteiger partial charge in [0.2, 0.25) is 0 Å². The lowest BCUT2D eigenvalue weighted by atomic mass is 10.1. The van der Waals surface area contributed by atoms with Crippen molar-refractivity contribution < 1.29 is 10.0 Å². The highest BCUT2D eigenvalue weighted by Crippen LogP contribution is 2.27. The van der Waals surface area contributed by atoms with Gasteiger partial charge < -0.3 is 10.4 Å². The van der Waals surface area contributed by atoms with Crippen molar-refractivity contribution in [1.29, 1.82) is 0 Å². The van der Waals surface area contributed by atoms with E-state index in [4.69, 9.17) is 0 Å². The summed E-state index contributed by atoms with van der Waals surface area (Å²) in [5.41, 5.74) is 1.76. The van der Waals surface area contributed by atoms with Crippen LogP contribution in [-0.4, -0.2) is 27.7 Å². The molecule has 6 nitrogen and oxygen atoms in total. The average Bonchev–Trinajstić information content (AvgIpc) is 3.17. The number of hydrogen-bond donors (Lipinski definition) is 2. The van der Waals surface area contributed by atoms with Crippen LogP contribution in [0, 0.1) is 16.0 Å². The third-order valence-corrected chi connectivity index (χ3v) is 5.13. The monoisotopic (exact) mass is 333 g/mol. The molecule has 1 aromatic carbocycles. The number of nitrogens with one attached hydrogen (secondary N) is 1. The summed E-state index contributed by atoms with van der Waals surface area (Å²) in [7, 11) is 0. The molecular weight excluding hydrogens is 314 g/mol. The second-order valence-corrected chi connectivity index (χ2v) is 6.70. The van der Waals surface area contributed by atoms with Gasteiger partial charge >= 0.3 is 0 Å². The van der Waals surface area contributed by atoms with Gasteiger partial charge in [-0.15, -0.1) is 11.3 Å². The van der Waals surface area contributed by atoms with Gasteiger partial charge in [-0.3, -0.25) is 10.1 Å². The number of rotatable bonds is 6. The van der Waals surface area contributed by atoms with Crippen LogP contribution in [0.3, 0.4) is 0 Å². The van der Waals surface area contributed by atoms with Crippen LogP contribution in [0.25, 0.3) is 10.6 Å². The van der Waals surface area contributed by atoms with Gasteiger partial charge in [-0.05, 0) is 18.8 Å². The van der Waals surface area contributed by atoms with E-state index in [0.717, 1.165) is 42.1 Å². The fourth-order valence-electron chi connectivity index (χ4n) is 2.91. The van der Waals surface area contributed by atoms with Crippen LogP contribution in [0.4, 0.5) is 5.69 Å². The zero-order valence-corrected chi connectivity index (χ0v) is 13.5. The summed E-state index contributed by atoms with van der Waals surface area (Å²) in [6, 6.07) is 6.53. The highest BCUT2D eigenvalue weighted by atomic mass is 32.1. The zero-order chi connectivity index (χ0) is 16.2. The van der Waals surface area contributed by atoms with Gasteiger partial charge in [0.1, 0.15) is 5.01 Å². The van der Waals surface area contributed by atoms with Crippen LogP contribution in [0.2, 0.25) is 0 Å². The van der Waals surface area contributed by atoms with Crippen LogP contribution in [0.1, 0.15) is 25.0 Å².